The van der Waals surface area contributed by atoms with Crippen molar-refractivity contribution in [3.8, 4) is 0 Å². The highest BCUT2D eigenvalue weighted by Gasteiger charge is 2.35. The molecule has 1 heterocycles. The van der Waals surface area contributed by atoms with Crippen LogP contribution in [0.1, 0.15) is 12.8 Å². The third-order valence-electron chi connectivity index (χ3n) is 2.21. The van der Waals surface area contributed by atoms with Crippen LogP contribution in [0.3, 0.4) is 0 Å². The maximum atomic E-state index is 10.5. The Bertz CT molecular complexity index is 205. The third kappa shape index (κ3) is 1.76. The number of hydrogen-bond acceptors (Lipinski definition) is 2. The van der Waals surface area contributed by atoms with E-state index in [4.69, 9.17) is 10.8 Å². The van der Waals surface area contributed by atoms with Gasteiger partial charge in [-0.1, -0.05) is 6.08 Å². The number of carbonyl (C=O) groups is 1. The van der Waals surface area contributed by atoms with Gasteiger partial charge in [-0.15, -0.1) is 6.58 Å². The molecule has 3 N–H and O–H groups in total. The fraction of sp³-hybridized carbons (Fsp3) is 0.625. The second-order valence-corrected chi connectivity index (χ2v) is 3.31. The maximum absolute atomic E-state index is 10.5. The van der Waals surface area contributed by atoms with Gasteiger partial charge in [0, 0.05) is 18.6 Å². The maximum Gasteiger partial charge on any atom is 0.407 e. The molecule has 0 aliphatic carbocycles. The molecule has 0 bridgehead atoms. The van der Waals surface area contributed by atoms with Gasteiger partial charge in [-0.2, -0.15) is 0 Å². The normalized spacial score (nSPS) is 28.9. The van der Waals surface area contributed by atoms with Gasteiger partial charge in [0.2, 0.25) is 0 Å². The molecule has 0 radical (unpaired) electrons. The minimum absolute atomic E-state index is 0.375. The van der Waals surface area contributed by atoms with Crippen LogP contribution in [0.2, 0.25) is 0 Å². The van der Waals surface area contributed by atoms with Crippen molar-refractivity contribution >= 4 is 6.09 Å². The predicted octanol–water partition coefficient (Wildman–Crippen LogP) is 0.644. The van der Waals surface area contributed by atoms with Gasteiger partial charge >= 0.3 is 6.09 Å². The molecular weight excluding hydrogens is 156 g/mol. The lowest BCUT2D eigenvalue weighted by Crippen LogP contribution is -2.43. The molecule has 1 amide bonds. The lowest BCUT2D eigenvalue weighted by atomic mass is 9.96. The molecule has 1 aliphatic heterocycles. The summed E-state index contributed by atoms with van der Waals surface area (Å²) < 4.78 is 0. The fourth-order valence-electron chi connectivity index (χ4n) is 1.51. The van der Waals surface area contributed by atoms with Crippen LogP contribution < -0.4 is 5.73 Å². The van der Waals surface area contributed by atoms with Gasteiger partial charge in [0.25, 0.3) is 0 Å². The van der Waals surface area contributed by atoms with Gasteiger partial charge in [0.1, 0.15) is 0 Å². The van der Waals surface area contributed by atoms with Crippen LogP contribution in [0.15, 0.2) is 12.7 Å². The molecular formula is C8H14N2O2. The van der Waals surface area contributed by atoms with Gasteiger partial charge in [-0.25, -0.2) is 4.79 Å². The van der Waals surface area contributed by atoms with Crippen LogP contribution in [0.25, 0.3) is 0 Å². The Balaban J connectivity index is 2.54. The summed E-state index contributed by atoms with van der Waals surface area (Å²) in [5, 5.41) is 8.66. The fourth-order valence-corrected chi connectivity index (χ4v) is 1.51. The second kappa shape index (κ2) is 3.15. The highest BCUT2D eigenvalue weighted by atomic mass is 16.4. The topological polar surface area (TPSA) is 66.6 Å². The SMILES string of the molecule is C=CCC1(N)CCN(C(=O)O)C1. The van der Waals surface area contributed by atoms with Crippen LogP contribution in [-0.2, 0) is 0 Å². The van der Waals surface area contributed by atoms with E-state index in [1.165, 1.54) is 4.90 Å². The van der Waals surface area contributed by atoms with Crippen LogP contribution >= 0.6 is 0 Å². The van der Waals surface area contributed by atoms with Gasteiger partial charge in [-0.3, -0.25) is 0 Å². The Hall–Kier alpha value is -1.03. The Morgan fingerprint density at radius 1 is 1.83 bits per heavy atom. The number of likely N-dealkylation sites (tertiary alicyclic amines) is 1. The molecule has 1 unspecified atom stereocenters. The second-order valence-electron chi connectivity index (χ2n) is 3.31. The Kier molecular flexibility index (Phi) is 2.38. The minimum Gasteiger partial charge on any atom is -0.465 e. The molecule has 1 atom stereocenters. The van der Waals surface area contributed by atoms with Crippen molar-refractivity contribution in [2.24, 2.45) is 5.73 Å². The molecule has 0 spiro atoms. The lowest BCUT2D eigenvalue weighted by molar-refractivity contribution is 0.153. The van der Waals surface area contributed by atoms with Crippen molar-refractivity contribution in [2.45, 2.75) is 18.4 Å². The van der Waals surface area contributed by atoms with E-state index < -0.39 is 6.09 Å². The first-order chi connectivity index (χ1) is 5.57. The molecule has 1 rings (SSSR count). The van der Waals surface area contributed by atoms with Crippen molar-refractivity contribution in [1.82, 2.24) is 4.90 Å². The van der Waals surface area contributed by atoms with Crippen LogP contribution in [0, 0.1) is 0 Å². The summed E-state index contributed by atoms with van der Waals surface area (Å²) in [4.78, 5) is 11.9. The molecule has 12 heavy (non-hydrogen) atoms. The Morgan fingerprint density at radius 2 is 2.50 bits per heavy atom. The molecule has 1 aliphatic rings. The molecule has 1 fully saturated rings. The predicted molar refractivity (Wildman–Crippen MR) is 45.9 cm³/mol. The molecule has 68 valence electrons. The zero-order chi connectivity index (χ0) is 9.19. The molecule has 0 saturated carbocycles. The van der Waals surface area contributed by atoms with Crippen molar-refractivity contribution < 1.29 is 9.90 Å². The van der Waals surface area contributed by atoms with Gasteiger partial charge in [-0.05, 0) is 12.8 Å². The first-order valence-electron chi connectivity index (χ1n) is 3.95. The van der Waals surface area contributed by atoms with E-state index in [9.17, 15) is 4.79 Å². The molecule has 0 aromatic heterocycles. The zero-order valence-electron chi connectivity index (χ0n) is 6.99. The molecule has 1 saturated heterocycles. The van der Waals surface area contributed by atoms with Gasteiger partial charge in [0.15, 0.2) is 0 Å². The van der Waals surface area contributed by atoms with E-state index in [-0.39, 0.29) is 5.54 Å². The summed E-state index contributed by atoms with van der Waals surface area (Å²) in [6.07, 6.45) is 2.26. The van der Waals surface area contributed by atoms with Crippen molar-refractivity contribution in [3.05, 3.63) is 12.7 Å². The molecule has 0 aromatic rings. The van der Waals surface area contributed by atoms with E-state index in [1.54, 1.807) is 6.08 Å². The molecule has 4 nitrogen and oxygen atoms in total. The summed E-state index contributed by atoms with van der Waals surface area (Å²) in [7, 11) is 0. The first-order valence-corrected chi connectivity index (χ1v) is 3.95. The summed E-state index contributed by atoms with van der Waals surface area (Å²) in [6.45, 7) is 4.56. The number of nitrogens with two attached hydrogens (primary N) is 1. The summed E-state index contributed by atoms with van der Waals surface area (Å²) in [5.41, 5.74) is 5.55. The smallest absolute Gasteiger partial charge is 0.407 e. The average Bonchev–Trinajstić information content (AvgIpc) is 2.33. The van der Waals surface area contributed by atoms with E-state index >= 15 is 0 Å². The number of hydrogen-bond donors (Lipinski definition) is 2. The zero-order valence-corrected chi connectivity index (χ0v) is 6.99. The van der Waals surface area contributed by atoms with E-state index in [2.05, 4.69) is 6.58 Å². The first kappa shape index (κ1) is 9.06. The quantitative estimate of drug-likeness (QED) is 0.598. The van der Waals surface area contributed by atoms with Crippen molar-refractivity contribution in [1.29, 1.82) is 0 Å². The largest absolute Gasteiger partial charge is 0.465 e. The monoisotopic (exact) mass is 170 g/mol. The number of rotatable bonds is 2. The summed E-state index contributed by atoms with van der Waals surface area (Å²) >= 11 is 0. The van der Waals surface area contributed by atoms with Crippen LogP contribution in [-0.4, -0.2) is 34.7 Å². The van der Waals surface area contributed by atoms with E-state index in [0.717, 1.165) is 6.42 Å². The Labute approximate surface area is 71.7 Å². The van der Waals surface area contributed by atoms with Crippen molar-refractivity contribution in [2.75, 3.05) is 13.1 Å². The third-order valence-corrected chi connectivity index (χ3v) is 2.21. The highest BCUT2D eigenvalue weighted by Crippen LogP contribution is 2.22. The summed E-state index contributed by atoms with van der Waals surface area (Å²) in [6, 6.07) is 0. The van der Waals surface area contributed by atoms with Gasteiger partial charge in [0.05, 0.1) is 0 Å². The summed E-state index contributed by atoms with van der Waals surface area (Å²) in [5.74, 6) is 0. The Morgan fingerprint density at radius 3 is 2.92 bits per heavy atom. The number of amides is 1. The highest BCUT2D eigenvalue weighted by molar-refractivity contribution is 5.65. The van der Waals surface area contributed by atoms with Crippen LogP contribution in [0.4, 0.5) is 4.79 Å². The number of nitrogens with zero attached hydrogens (tertiary/aromatic N) is 1. The van der Waals surface area contributed by atoms with E-state index in [1.807, 2.05) is 0 Å². The standard InChI is InChI=1S/C8H14N2O2/c1-2-3-8(9)4-5-10(6-8)7(11)12/h2H,1,3-6,9H2,(H,11,12). The van der Waals surface area contributed by atoms with Gasteiger partial charge < -0.3 is 15.7 Å². The average molecular weight is 170 g/mol. The lowest BCUT2D eigenvalue weighted by Gasteiger charge is -2.21. The minimum atomic E-state index is -0.883. The molecule has 0 aromatic carbocycles. The van der Waals surface area contributed by atoms with Crippen molar-refractivity contribution in [3.63, 3.8) is 0 Å². The van der Waals surface area contributed by atoms with Crippen LogP contribution in [0.5, 0.6) is 0 Å². The number of carboxylic acid groups (broad SMARTS) is 1. The molecule has 4 heteroatoms. The van der Waals surface area contributed by atoms with E-state index in [0.29, 0.717) is 19.5 Å².